The van der Waals surface area contributed by atoms with E-state index in [1.165, 1.54) is 11.8 Å². The number of amides is 1. The molecule has 0 aliphatic carbocycles. The van der Waals surface area contributed by atoms with Crippen LogP contribution in [0.25, 0.3) is 6.08 Å². The molecule has 0 radical (unpaired) electrons. The molecule has 0 spiro atoms. The second kappa shape index (κ2) is 8.88. The lowest BCUT2D eigenvalue weighted by atomic mass is 10.1. The molecule has 0 saturated carbocycles. The first-order chi connectivity index (χ1) is 15.3. The molecule has 1 fully saturated rings. The van der Waals surface area contributed by atoms with Gasteiger partial charge in [-0.25, -0.2) is 9.79 Å². The molecule has 0 bridgehead atoms. The number of aryl methyl sites for hydroxylation is 1. The Morgan fingerprint density at radius 3 is 2.38 bits per heavy atom. The summed E-state index contributed by atoms with van der Waals surface area (Å²) in [6, 6.07) is 18.1. The van der Waals surface area contributed by atoms with Gasteiger partial charge in [0.2, 0.25) is 0 Å². The topological polar surface area (TPSA) is 74.9 Å². The van der Waals surface area contributed by atoms with E-state index in [1.807, 2.05) is 57.3 Å². The summed E-state index contributed by atoms with van der Waals surface area (Å²) >= 11 is 1.35. The van der Waals surface area contributed by atoms with Gasteiger partial charge in [0.1, 0.15) is 0 Å². The van der Waals surface area contributed by atoms with E-state index >= 15 is 0 Å². The summed E-state index contributed by atoms with van der Waals surface area (Å²) in [6.07, 6.45) is 1.92. The zero-order chi connectivity index (χ0) is 22.8. The molecule has 0 atom stereocenters. The normalized spacial score (nSPS) is 16.3. The van der Waals surface area contributed by atoms with Crippen molar-refractivity contribution in [3.8, 4) is 0 Å². The summed E-state index contributed by atoms with van der Waals surface area (Å²) in [4.78, 5) is 31.4. The van der Waals surface area contributed by atoms with Gasteiger partial charge in [-0.3, -0.25) is 9.69 Å². The van der Waals surface area contributed by atoms with Crippen LogP contribution in [-0.2, 0) is 18.4 Å². The summed E-state index contributed by atoms with van der Waals surface area (Å²) in [5.74, 6) is -1.10. The average Bonchev–Trinajstić information content (AvgIpc) is 3.20. The van der Waals surface area contributed by atoms with Gasteiger partial charge in [0.15, 0.2) is 5.17 Å². The quantitative estimate of drug-likeness (QED) is 0.552. The monoisotopic (exact) mass is 445 g/mol. The van der Waals surface area contributed by atoms with Crippen LogP contribution in [0.3, 0.4) is 0 Å². The molecule has 0 unspecified atom stereocenters. The van der Waals surface area contributed by atoms with Crippen LogP contribution < -0.4 is 0 Å². The maximum Gasteiger partial charge on any atom is 0.335 e. The SMILES string of the molecule is Cc1cc(C=C2SC(=Nc3ccccc3)N(Cc3ccc(C(=O)O)cc3)C2=O)c(C)n1C. The molecule has 1 aromatic heterocycles. The highest BCUT2D eigenvalue weighted by Gasteiger charge is 2.33. The molecule has 3 aromatic rings. The van der Waals surface area contributed by atoms with Crippen molar-refractivity contribution in [3.63, 3.8) is 0 Å². The fourth-order valence-corrected chi connectivity index (χ4v) is 4.44. The molecule has 1 saturated heterocycles. The fourth-order valence-electron chi connectivity index (χ4n) is 3.45. The van der Waals surface area contributed by atoms with Crippen LogP contribution in [0.1, 0.15) is 32.9 Å². The Kier molecular flexibility index (Phi) is 6.01. The van der Waals surface area contributed by atoms with Crippen LogP contribution in [0.4, 0.5) is 5.69 Å². The van der Waals surface area contributed by atoms with Crippen LogP contribution in [0, 0.1) is 13.8 Å². The average molecular weight is 446 g/mol. The summed E-state index contributed by atoms with van der Waals surface area (Å²) in [7, 11) is 2.01. The summed E-state index contributed by atoms with van der Waals surface area (Å²) < 4.78 is 2.09. The van der Waals surface area contributed by atoms with Gasteiger partial charge in [0.25, 0.3) is 5.91 Å². The highest BCUT2D eigenvalue weighted by molar-refractivity contribution is 8.18. The number of carboxylic acids is 1. The Labute approximate surface area is 190 Å². The molecular weight excluding hydrogens is 422 g/mol. The largest absolute Gasteiger partial charge is 0.478 e. The number of hydrogen-bond donors (Lipinski definition) is 1. The minimum atomic E-state index is -0.977. The third-order valence-electron chi connectivity index (χ3n) is 5.51. The molecule has 1 N–H and O–H groups in total. The van der Waals surface area contributed by atoms with E-state index in [0.29, 0.717) is 16.6 Å². The Balaban J connectivity index is 1.70. The predicted molar refractivity (Wildman–Crippen MR) is 128 cm³/mol. The maximum absolute atomic E-state index is 13.3. The third kappa shape index (κ3) is 4.38. The van der Waals surface area contributed by atoms with E-state index in [4.69, 9.17) is 10.1 Å². The van der Waals surface area contributed by atoms with Crippen LogP contribution in [-0.4, -0.2) is 31.6 Å². The van der Waals surface area contributed by atoms with E-state index in [9.17, 15) is 9.59 Å². The van der Waals surface area contributed by atoms with Crippen LogP contribution in [0.5, 0.6) is 0 Å². The van der Waals surface area contributed by atoms with Crippen molar-refractivity contribution in [1.29, 1.82) is 0 Å². The molecule has 7 heteroatoms. The van der Waals surface area contributed by atoms with Crippen molar-refractivity contribution in [2.24, 2.45) is 12.0 Å². The Morgan fingerprint density at radius 1 is 1.09 bits per heavy atom. The minimum Gasteiger partial charge on any atom is -0.478 e. The first kappa shape index (κ1) is 21.6. The van der Waals surface area contributed by atoms with Crippen molar-refractivity contribution in [2.75, 3.05) is 0 Å². The molecule has 1 aliphatic rings. The van der Waals surface area contributed by atoms with Gasteiger partial charge >= 0.3 is 5.97 Å². The Morgan fingerprint density at radius 2 is 1.78 bits per heavy atom. The number of amidine groups is 1. The smallest absolute Gasteiger partial charge is 0.335 e. The molecule has 32 heavy (non-hydrogen) atoms. The number of carbonyl (C=O) groups is 2. The first-order valence-corrected chi connectivity index (χ1v) is 11.0. The predicted octanol–water partition coefficient (Wildman–Crippen LogP) is 5.14. The minimum absolute atomic E-state index is 0.118. The number of aromatic carboxylic acids is 1. The lowest BCUT2D eigenvalue weighted by molar-refractivity contribution is -0.122. The Hall–Kier alpha value is -3.58. The number of thioether (sulfide) groups is 1. The van der Waals surface area contributed by atoms with Crippen molar-refractivity contribution in [2.45, 2.75) is 20.4 Å². The number of aliphatic imine (C=N–C) groups is 1. The van der Waals surface area contributed by atoms with Gasteiger partial charge in [-0.2, -0.15) is 0 Å². The number of para-hydroxylation sites is 1. The summed E-state index contributed by atoms with van der Waals surface area (Å²) in [5.41, 5.74) is 5.03. The highest BCUT2D eigenvalue weighted by Crippen LogP contribution is 2.36. The van der Waals surface area contributed by atoms with Gasteiger partial charge in [-0.1, -0.05) is 30.3 Å². The van der Waals surface area contributed by atoms with Crippen molar-refractivity contribution in [1.82, 2.24) is 9.47 Å². The maximum atomic E-state index is 13.3. The number of carbonyl (C=O) groups excluding carboxylic acids is 1. The Bertz CT molecular complexity index is 1240. The third-order valence-corrected chi connectivity index (χ3v) is 6.52. The molecule has 1 amide bonds. The molecule has 6 nitrogen and oxygen atoms in total. The second-order valence-electron chi connectivity index (χ2n) is 7.62. The first-order valence-electron chi connectivity index (χ1n) is 10.1. The number of aromatic nitrogens is 1. The van der Waals surface area contributed by atoms with E-state index in [0.717, 1.165) is 28.2 Å². The summed E-state index contributed by atoms with van der Waals surface area (Å²) in [6.45, 7) is 4.37. The van der Waals surface area contributed by atoms with Crippen molar-refractivity contribution >= 4 is 40.6 Å². The fraction of sp³-hybridized carbons (Fsp3) is 0.160. The molecule has 4 rings (SSSR count). The number of nitrogens with zero attached hydrogens (tertiary/aromatic N) is 3. The zero-order valence-corrected chi connectivity index (χ0v) is 18.9. The van der Waals surface area contributed by atoms with Gasteiger partial charge in [0.05, 0.1) is 22.7 Å². The molecular formula is C25H23N3O3S. The standard InChI is InChI=1S/C25H23N3O3S/c1-16-13-20(17(2)27(16)3)14-22-23(29)28(15-18-9-11-19(12-10-18)24(30)31)25(32-22)26-21-7-5-4-6-8-21/h4-14H,15H2,1-3H3,(H,30,31). The number of hydrogen-bond acceptors (Lipinski definition) is 4. The van der Waals surface area contributed by atoms with Crippen LogP contribution >= 0.6 is 11.8 Å². The van der Waals surface area contributed by atoms with E-state index in [2.05, 4.69) is 10.6 Å². The van der Waals surface area contributed by atoms with E-state index in [1.54, 1.807) is 29.2 Å². The van der Waals surface area contributed by atoms with Gasteiger partial charge in [0, 0.05) is 18.4 Å². The lowest BCUT2D eigenvalue weighted by Crippen LogP contribution is -2.28. The van der Waals surface area contributed by atoms with Gasteiger partial charge in [-0.15, -0.1) is 0 Å². The van der Waals surface area contributed by atoms with Crippen LogP contribution in [0.15, 0.2) is 70.6 Å². The number of rotatable bonds is 5. The van der Waals surface area contributed by atoms with E-state index in [-0.39, 0.29) is 11.5 Å². The second-order valence-corrected chi connectivity index (χ2v) is 8.63. The summed E-state index contributed by atoms with van der Waals surface area (Å²) in [5, 5.41) is 9.73. The molecule has 2 aromatic carbocycles. The van der Waals surface area contributed by atoms with Gasteiger partial charge < -0.3 is 9.67 Å². The van der Waals surface area contributed by atoms with Crippen molar-refractivity contribution < 1.29 is 14.7 Å². The molecule has 1 aliphatic heterocycles. The zero-order valence-electron chi connectivity index (χ0n) is 18.1. The number of benzene rings is 2. The molecule has 2 heterocycles. The van der Waals surface area contributed by atoms with E-state index < -0.39 is 5.97 Å². The highest BCUT2D eigenvalue weighted by atomic mass is 32.2. The van der Waals surface area contributed by atoms with Gasteiger partial charge in [-0.05, 0) is 73.1 Å². The van der Waals surface area contributed by atoms with Crippen LogP contribution in [0.2, 0.25) is 0 Å². The van der Waals surface area contributed by atoms with Crippen molar-refractivity contribution in [3.05, 3.63) is 93.6 Å². The molecule has 162 valence electrons. The number of carboxylic acid groups (broad SMARTS) is 1. The lowest BCUT2D eigenvalue weighted by Gasteiger charge is -2.16.